The van der Waals surface area contributed by atoms with Gasteiger partial charge < -0.3 is 0 Å². The Balaban J connectivity index is 2.44. The second-order valence-corrected chi connectivity index (χ2v) is 23.0. The van der Waals surface area contributed by atoms with Crippen LogP contribution in [0.15, 0.2) is 91.0 Å². The first-order chi connectivity index (χ1) is 10.8. The SMILES string of the molecule is [Cl][Ge]([Cl])=[P](c1ccccc1)(c1ccccc1)c1ccccc1. The average Bonchev–Trinajstić information content (AvgIpc) is 2.58. The fraction of sp³-hybridized carbons (Fsp3) is 0. The predicted octanol–water partition coefficient (Wildman–Crippen LogP) is 4.44. The van der Waals surface area contributed by atoms with Crippen molar-refractivity contribution in [3.8, 4) is 0 Å². The standard InChI is InChI=1S/C18H15Cl2GeP/c19-21(20)22(16-10-4-1-5-11-16,17-12-6-2-7-13-17)18-14-8-3-9-15-18/h1-15H. The molecule has 0 aliphatic rings. The van der Waals surface area contributed by atoms with Crippen molar-refractivity contribution in [2.45, 2.75) is 0 Å². The summed E-state index contributed by atoms with van der Waals surface area (Å²) in [6.07, 6.45) is 0. The van der Waals surface area contributed by atoms with Crippen LogP contribution >= 0.6 is 25.4 Å². The summed E-state index contributed by atoms with van der Waals surface area (Å²) in [6, 6.07) is 31.6. The van der Waals surface area contributed by atoms with E-state index in [1.807, 2.05) is 18.2 Å². The van der Waals surface area contributed by atoms with Gasteiger partial charge in [0, 0.05) is 0 Å². The van der Waals surface area contributed by atoms with Crippen molar-refractivity contribution in [3.05, 3.63) is 91.0 Å². The molecule has 3 aromatic carbocycles. The van der Waals surface area contributed by atoms with Crippen molar-refractivity contribution in [2.75, 3.05) is 0 Å². The molecular formula is C18H15Cl2GeP. The van der Waals surface area contributed by atoms with Gasteiger partial charge in [-0.3, -0.25) is 0 Å². The third kappa shape index (κ3) is 2.86. The Morgan fingerprint density at radius 3 is 1.00 bits per heavy atom. The predicted molar refractivity (Wildman–Crippen MR) is 103 cm³/mol. The fourth-order valence-electron chi connectivity index (χ4n) is 2.69. The Morgan fingerprint density at radius 1 is 0.500 bits per heavy atom. The van der Waals surface area contributed by atoms with Crippen LogP contribution in [0.1, 0.15) is 0 Å². The van der Waals surface area contributed by atoms with E-state index in [4.69, 9.17) is 20.0 Å². The summed E-state index contributed by atoms with van der Waals surface area (Å²) < 4.78 is 0. The molecule has 0 nitrogen and oxygen atoms in total. The molecule has 0 heterocycles. The van der Waals surface area contributed by atoms with Crippen LogP contribution in [0.3, 0.4) is 0 Å². The number of halogens is 2. The quantitative estimate of drug-likeness (QED) is 0.446. The van der Waals surface area contributed by atoms with E-state index in [1.165, 1.54) is 15.9 Å². The second-order valence-electron chi connectivity index (χ2n) is 4.92. The van der Waals surface area contributed by atoms with Crippen molar-refractivity contribution in [1.29, 1.82) is 0 Å². The maximum atomic E-state index is 6.79. The van der Waals surface area contributed by atoms with E-state index in [0.717, 1.165) is 0 Å². The summed E-state index contributed by atoms with van der Waals surface area (Å²) in [4.78, 5) is 0. The van der Waals surface area contributed by atoms with Gasteiger partial charge >= 0.3 is 144 Å². The monoisotopic (exact) mass is 406 g/mol. The average molecular weight is 406 g/mol. The third-order valence-electron chi connectivity index (χ3n) is 3.68. The summed E-state index contributed by atoms with van der Waals surface area (Å²) in [5.74, 6) is 0. The zero-order valence-electron chi connectivity index (χ0n) is 11.9. The molecule has 0 unspecified atom stereocenters. The molecule has 110 valence electrons. The molecule has 3 rings (SSSR count). The first-order valence-electron chi connectivity index (χ1n) is 7.00. The fourth-order valence-corrected chi connectivity index (χ4v) is 21.7. The molecular weight excluding hydrogens is 391 g/mol. The molecule has 0 saturated carbocycles. The summed E-state index contributed by atoms with van der Waals surface area (Å²) in [5, 5.41) is 3.81. The van der Waals surface area contributed by atoms with Gasteiger partial charge in [-0.1, -0.05) is 0 Å². The van der Waals surface area contributed by atoms with Gasteiger partial charge in [0.15, 0.2) is 0 Å². The van der Waals surface area contributed by atoms with Gasteiger partial charge in [-0.15, -0.1) is 0 Å². The Kier molecular flexibility index (Phi) is 5.26. The molecule has 0 N–H and O–H groups in total. The summed E-state index contributed by atoms with van der Waals surface area (Å²) in [7, 11) is 13.6. The number of benzene rings is 3. The van der Waals surface area contributed by atoms with Crippen LogP contribution in [-0.4, -0.2) is 11.6 Å². The molecule has 0 amide bonds. The van der Waals surface area contributed by atoms with E-state index in [-0.39, 0.29) is 0 Å². The van der Waals surface area contributed by atoms with Gasteiger partial charge in [0.2, 0.25) is 0 Å². The number of rotatable bonds is 3. The van der Waals surface area contributed by atoms with E-state index in [1.54, 1.807) is 0 Å². The van der Waals surface area contributed by atoms with Gasteiger partial charge in [-0.25, -0.2) is 0 Å². The van der Waals surface area contributed by atoms with Crippen LogP contribution in [0, 0.1) is 0 Å². The van der Waals surface area contributed by atoms with Crippen molar-refractivity contribution in [2.24, 2.45) is 0 Å². The molecule has 0 aliphatic carbocycles. The van der Waals surface area contributed by atoms with Crippen LogP contribution in [0.4, 0.5) is 0 Å². The number of hydrogen-bond donors (Lipinski definition) is 0. The van der Waals surface area contributed by atoms with Crippen LogP contribution in [-0.2, 0) is 0 Å². The van der Waals surface area contributed by atoms with E-state index < -0.39 is 17.0 Å². The first kappa shape index (κ1) is 16.1. The van der Waals surface area contributed by atoms with E-state index in [9.17, 15) is 0 Å². The van der Waals surface area contributed by atoms with Crippen molar-refractivity contribution >= 4 is 52.9 Å². The van der Waals surface area contributed by atoms with E-state index >= 15 is 0 Å². The minimum atomic E-state index is -2.35. The Hall–Kier alpha value is -0.787. The molecule has 0 aliphatic heterocycles. The molecule has 3 aromatic rings. The minimum absolute atomic E-state index is 1.27. The van der Waals surface area contributed by atoms with Gasteiger partial charge in [0.1, 0.15) is 0 Å². The van der Waals surface area contributed by atoms with Crippen molar-refractivity contribution < 1.29 is 0 Å². The third-order valence-corrected chi connectivity index (χ3v) is 23.4. The topological polar surface area (TPSA) is 0 Å². The summed E-state index contributed by atoms with van der Waals surface area (Å²) >= 11 is -2.35. The molecule has 0 aromatic heterocycles. The zero-order chi connectivity index (χ0) is 15.4. The molecule has 0 saturated heterocycles. The van der Waals surface area contributed by atoms with Crippen LogP contribution in [0.2, 0.25) is 0 Å². The van der Waals surface area contributed by atoms with Gasteiger partial charge in [-0.05, 0) is 0 Å². The zero-order valence-corrected chi connectivity index (χ0v) is 16.4. The molecule has 0 radical (unpaired) electrons. The molecule has 0 atom stereocenters. The van der Waals surface area contributed by atoms with Gasteiger partial charge in [-0.2, -0.15) is 0 Å². The number of hydrogen-bond acceptors (Lipinski definition) is 0. The van der Waals surface area contributed by atoms with Gasteiger partial charge in [0.25, 0.3) is 0 Å². The normalized spacial score (nSPS) is 11.2. The van der Waals surface area contributed by atoms with Crippen molar-refractivity contribution in [1.82, 2.24) is 0 Å². The summed E-state index contributed by atoms with van der Waals surface area (Å²) in [6.45, 7) is 0. The van der Waals surface area contributed by atoms with Crippen LogP contribution in [0.25, 0.3) is 0 Å². The second kappa shape index (κ2) is 7.19. The molecule has 22 heavy (non-hydrogen) atoms. The van der Waals surface area contributed by atoms with Crippen LogP contribution < -0.4 is 15.9 Å². The first-order valence-corrected chi connectivity index (χ1v) is 17.1. The maximum absolute atomic E-state index is 6.79. The summed E-state index contributed by atoms with van der Waals surface area (Å²) in [5.41, 5.74) is -1.93. The Morgan fingerprint density at radius 2 is 0.773 bits per heavy atom. The molecule has 0 spiro atoms. The van der Waals surface area contributed by atoms with E-state index in [2.05, 4.69) is 72.8 Å². The Bertz CT molecular complexity index is 695. The Labute approximate surface area is 143 Å². The molecule has 0 bridgehead atoms. The molecule has 0 fully saturated rings. The van der Waals surface area contributed by atoms with Crippen LogP contribution in [0.5, 0.6) is 0 Å². The van der Waals surface area contributed by atoms with E-state index in [0.29, 0.717) is 0 Å². The van der Waals surface area contributed by atoms with Gasteiger partial charge in [0.05, 0.1) is 0 Å². The van der Waals surface area contributed by atoms with Crippen molar-refractivity contribution in [3.63, 3.8) is 0 Å². The molecule has 4 heteroatoms.